The molecule has 12 nitrogen and oxygen atoms in total. The van der Waals surface area contributed by atoms with Crippen molar-refractivity contribution < 1.29 is 23.0 Å². The normalized spacial score (nSPS) is 19.0. The number of carbonyl (C=O) groups is 1. The standard InChI is InChI=1S/C27H28ClF2N9O3/c1-16(12-38-15-33-36-37-38)42-24-8-17(2-7-22(24)28)18-10-31-26(32-11-18)34-23-13-39(20-3-5-21(40)6-4-20)35-25(23)41-14-19-9-27(19,29)30/h2,7-8,10-11,13,15-16,19-20H,3-6,9,12,14H2,1H3,(H,31,32,34)/t16-,19-/m0/s1. The zero-order valence-corrected chi connectivity index (χ0v) is 23.4. The van der Waals surface area contributed by atoms with Crippen LogP contribution >= 0.6 is 11.6 Å². The molecule has 4 aromatic rings. The fourth-order valence-electron chi connectivity index (χ4n) is 4.79. The summed E-state index contributed by atoms with van der Waals surface area (Å²) in [5, 5.41) is 19.2. The Morgan fingerprint density at radius 1 is 1.19 bits per heavy atom. The number of anilines is 2. The van der Waals surface area contributed by atoms with Crippen molar-refractivity contribution in [3.8, 4) is 22.8 Å². The highest BCUT2D eigenvalue weighted by Gasteiger charge is 2.57. The molecule has 2 atom stereocenters. The van der Waals surface area contributed by atoms with Gasteiger partial charge in [0, 0.05) is 37.2 Å². The summed E-state index contributed by atoms with van der Waals surface area (Å²) in [4.78, 5) is 20.6. The Balaban J connectivity index is 1.16. The number of benzene rings is 1. The molecule has 15 heteroatoms. The van der Waals surface area contributed by atoms with Gasteiger partial charge in [-0.25, -0.2) is 23.4 Å². The van der Waals surface area contributed by atoms with E-state index in [2.05, 4.69) is 35.9 Å². The third-order valence-electron chi connectivity index (χ3n) is 7.29. The summed E-state index contributed by atoms with van der Waals surface area (Å²) < 4.78 is 41.9. The van der Waals surface area contributed by atoms with Gasteiger partial charge < -0.3 is 14.8 Å². The topological polar surface area (TPSA) is 135 Å². The van der Waals surface area contributed by atoms with Crippen molar-refractivity contribution in [1.82, 2.24) is 40.0 Å². The van der Waals surface area contributed by atoms with Gasteiger partial charge in [-0.2, -0.15) is 0 Å². The summed E-state index contributed by atoms with van der Waals surface area (Å²) in [6, 6.07) is 5.40. The monoisotopic (exact) mass is 599 g/mol. The van der Waals surface area contributed by atoms with Crippen LogP contribution in [0.15, 0.2) is 43.1 Å². The summed E-state index contributed by atoms with van der Waals surface area (Å²) in [5.41, 5.74) is 1.98. The zero-order valence-electron chi connectivity index (χ0n) is 22.7. The van der Waals surface area contributed by atoms with Crippen LogP contribution in [0, 0.1) is 5.92 Å². The number of nitrogens with zero attached hydrogens (tertiary/aromatic N) is 8. The number of nitrogens with one attached hydrogen (secondary N) is 1. The van der Waals surface area contributed by atoms with Crippen molar-refractivity contribution in [3.63, 3.8) is 0 Å². The molecule has 2 aliphatic carbocycles. The van der Waals surface area contributed by atoms with Gasteiger partial charge in [0.1, 0.15) is 29.7 Å². The van der Waals surface area contributed by atoms with E-state index in [0.717, 1.165) is 11.1 Å². The summed E-state index contributed by atoms with van der Waals surface area (Å²) >= 11 is 6.38. The van der Waals surface area contributed by atoms with Gasteiger partial charge in [0.25, 0.3) is 11.8 Å². The minimum absolute atomic E-state index is 0.0168. The van der Waals surface area contributed by atoms with Gasteiger partial charge in [0.15, 0.2) is 0 Å². The first-order chi connectivity index (χ1) is 20.2. The van der Waals surface area contributed by atoms with Crippen LogP contribution in [0.2, 0.25) is 5.02 Å². The van der Waals surface area contributed by atoms with Crippen LogP contribution in [0.4, 0.5) is 20.4 Å². The van der Waals surface area contributed by atoms with Crippen molar-refractivity contribution in [3.05, 3.63) is 48.1 Å². The predicted octanol–water partition coefficient (Wildman–Crippen LogP) is 4.91. The molecule has 0 unspecified atom stereocenters. The number of aromatic nitrogens is 8. The van der Waals surface area contributed by atoms with Crippen LogP contribution in [0.1, 0.15) is 45.1 Å². The van der Waals surface area contributed by atoms with Gasteiger partial charge >= 0.3 is 0 Å². The highest BCUT2D eigenvalue weighted by Crippen LogP contribution is 2.48. The van der Waals surface area contributed by atoms with Crippen LogP contribution in [0.25, 0.3) is 11.1 Å². The first-order valence-electron chi connectivity index (χ1n) is 13.6. The number of hydrogen-bond donors (Lipinski definition) is 1. The van der Waals surface area contributed by atoms with E-state index < -0.39 is 11.8 Å². The lowest BCUT2D eigenvalue weighted by molar-refractivity contribution is -0.120. The number of hydrogen-bond acceptors (Lipinski definition) is 10. The maximum absolute atomic E-state index is 13.4. The van der Waals surface area contributed by atoms with E-state index in [1.165, 1.54) is 6.33 Å². The summed E-state index contributed by atoms with van der Waals surface area (Å²) in [5.74, 6) is -2.32. The largest absolute Gasteiger partial charge is 0.487 e. The Morgan fingerprint density at radius 2 is 1.95 bits per heavy atom. The minimum Gasteiger partial charge on any atom is -0.487 e. The fourth-order valence-corrected chi connectivity index (χ4v) is 4.95. The molecule has 0 bridgehead atoms. The number of tetrazole rings is 1. The molecule has 2 saturated carbocycles. The smallest absolute Gasteiger partial charge is 0.256 e. The van der Waals surface area contributed by atoms with Crippen LogP contribution in [0.5, 0.6) is 11.6 Å². The Hall–Kier alpha value is -4.20. The molecular weight excluding hydrogens is 572 g/mol. The number of alkyl halides is 2. The molecule has 1 N–H and O–H groups in total. The zero-order chi connectivity index (χ0) is 29.3. The number of Topliss-reactive ketones (excluding diaryl/α,β-unsaturated/α-hetero) is 1. The lowest BCUT2D eigenvalue weighted by Crippen LogP contribution is -2.20. The third-order valence-corrected chi connectivity index (χ3v) is 7.60. The molecule has 3 aromatic heterocycles. The maximum atomic E-state index is 13.4. The average Bonchev–Trinajstić information content (AvgIpc) is 3.30. The van der Waals surface area contributed by atoms with Crippen LogP contribution in [-0.2, 0) is 11.3 Å². The Bertz CT molecular complexity index is 1540. The molecule has 3 heterocycles. The van der Waals surface area contributed by atoms with Gasteiger partial charge in [-0.05, 0) is 47.9 Å². The molecule has 6 rings (SSSR count). The van der Waals surface area contributed by atoms with Crippen molar-refractivity contribution in [2.45, 2.75) is 63.6 Å². The Labute approximate surface area is 244 Å². The second-order valence-corrected chi connectivity index (χ2v) is 11.0. The van der Waals surface area contributed by atoms with E-state index in [0.29, 0.717) is 48.7 Å². The number of halogens is 3. The quantitative estimate of drug-likeness (QED) is 0.253. The molecule has 2 aliphatic rings. The number of carbonyl (C=O) groups excluding carboxylic acids is 1. The lowest BCUT2D eigenvalue weighted by Gasteiger charge is -2.20. The SMILES string of the molecule is C[C@@H](Cn1cnnn1)Oc1cc(-c2cnc(Nc3cn(C4CCC(=O)CC4)nc3OC[C@@H]3CC3(F)F)nc2)ccc1Cl. The van der Waals surface area contributed by atoms with Crippen molar-refractivity contribution in [2.24, 2.45) is 5.92 Å². The highest BCUT2D eigenvalue weighted by atomic mass is 35.5. The van der Waals surface area contributed by atoms with E-state index >= 15 is 0 Å². The lowest BCUT2D eigenvalue weighted by atomic mass is 9.95. The first kappa shape index (κ1) is 27.9. The number of rotatable bonds is 11. The van der Waals surface area contributed by atoms with Gasteiger partial charge in [-0.1, -0.05) is 17.7 Å². The van der Waals surface area contributed by atoms with Crippen LogP contribution in [0.3, 0.4) is 0 Å². The Kier molecular flexibility index (Phi) is 7.71. The highest BCUT2D eigenvalue weighted by molar-refractivity contribution is 6.32. The minimum atomic E-state index is -2.70. The van der Waals surface area contributed by atoms with E-state index in [1.807, 2.05) is 19.1 Å². The van der Waals surface area contributed by atoms with Crippen LogP contribution in [-0.4, -0.2) is 64.4 Å². The number of ether oxygens (including phenoxy) is 2. The summed E-state index contributed by atoms with van der Waals surface area (Å²) in [6.07, 6.45) is 8.40. The van der Waals surface area contributed by atoms with Gasteiger partial charge in [-0.3, -0.25) is 9.48 Å². The van der Waals surface area contributed by atoms with E-state index in [-0.39, 0.29) is 42.8 Å². The van der Waals surface area contributed by atoms with E-state index in [1.54, 1.807) is 34.0 Å². The molecule has 0 spiro atoms. The first-order valence-corrected chi connectivity index (χ1v) is 14.0. The summed E-state index contributed by atoms with van der Waals surface area (Å²) in [6.45, 7) is 2.19. The van der Waals surface area contributed by atoms with Gasteiger partial charge in [0.05, 0.1) is 36.3 Å². The van der Waals surface area contributed by atoms with E-state index in [9.17, 15) is 13.6 Å². The molecule has 1 aromatic carbocycles. The van der Waals surface area contributed by atoms with Gasteiger partial charge in [-0.15, -0.1) is 10.2 Å². The van der Waals surface area contributed by atoms with Crippen LogP contribution < -0.4 is 14.8 Å². The molecule has 0 saturated heterocycles. The second-order valence-electron chi connectivity index (χ2n) is 10.6. The molecule has 42 heavy (non-hydrogen) atoms. The van der Waals surface area contributed by atoms with Crippen molar-refractivity contribution in [2.75, 3.05) is 11.9 Å². The average molecular weight is 600 g/mol. The third kappa shape index (κ3) is 6.48. The maximum Gasteiger partial charge on any atom is 0.256 e. The molecule has 0 amide bonds. The molecular formula is C27H28ClF2N9O3. The fraction of sp³-hybridized carbons (Fsp3) is 0.444. The second kappa shape index (κ2) is 11.6. The van der Waals surface area contributed by atoms with E-state index in [4.69, 9.17) is 21.1 Å². The summed E-state index contributed by atoms with van der Waals surface area (Å²) in [7, 11) is 0. The Morgan fingerprint density at radius 3 is 2.64 bits per heavy atom. The molecule has 220 valence electrons. The van der Waals surface area contributed by atoms with Gasteiger partial charge in [0.2, 0.25) is 5.95 Å². The predicted molar refractivity (Wildman–Crippen MR) is 147 cm³/mol. The molecule has 0 aliphatic heterocycles. The number of ketones is 1. The molecule has 2 fully saturated rings. The molecule has 0 radical (unpaired) electrons. The van der Waals surface area contributed by atoms with Crippen molar-refractivity contribution in [1.29, 1.82) is 0 Å². The van der Waals surface area contributed by atoms with Crippen molar-refractivity contribution >= 4 is 29.0 Å².